The Hall–Kier alpha value is -0.280. The minimum absolute atomic E-state index is 0.208. The van der Waals surface area contributed by atoms with E-state index >= 15 is 0 Å². The lowest BCUT2D eigenvalue weighted by Gasteiger charge is -2.42. The highest BCUT2D eigenvalue weighted by Crippen LogP contribution is 2.51. The van der Waals surface area contributed by atoms with Gasteiger partial charge in [0.1, 0.15) is 0 Å². The first-order valence-corrected chi connectivity index (χ1v) is 6.58. The summed E-state index contributed by atoms with van der Waals surface area (Å²) in [6.45, 7) is 2.57. The van der Waals surface area contributed by atoms with Crippen molar-refractivity contribution in [1.29, 1.82) is 0 Å². The second-order valence-electron chi connectivity index (χ2n) is 5.08. The van der Waals surface area contributed by atoms with Crippen LogP contribution in [0.1, 0.15) is 25.7 Å². The maximum atomic E-state index is 11.8. The molecule has 2 aliphatic rings. The Kier molecular flexibility index (Phi) is 3.75. The van der Waals surface area contributed by atoms with E-state index in [1.54, 1.807) is 7.11 Å². The molecular formula is C12H20ClNO2. The van der Waals surface area contributed by atoms with E-state index in [-0.39, 0.29) is 5.91 Å². The molecule has 1 saturated heterocycles. The Morgan fingerprint density at radius 1 is 1.56 bits per heavy atom. The third-order valence-electron chi connectivity index (χ3n) is 4.19. The molecule has 1 amide bonds. The molecule has 1 spiro atoms. The van der Waals surface area contributed by atoms with Crippen LogP contribution in [0.4, 0.5) is 0 Å². The number of methoxy groups -OCH3 is 1. The zero-order valence-electron chi connectivity index (χ0n) is 9.88. The van der Waals surface area contributed by atoms with Crippen LogP contribution < -0.4 is 0 Å². The van der Waals surface area contributed by atoms with Crippen LogP contribution in [0.2, 0.25) is 0 Å². The van der Waals surface area contributed by atoms with E-state index in [9.17, 15) is 4.79 Å². The van der Waals surface area contributed by atoms with Gasteiger partial charge in [-0.3, -0.25) is 4.79 Å². The average molecular weight is 246 g/mol. The van der Waals surface area contributed by atoms with Crippen LogP contribution in [0.3, 0.4) is 0 Å². The van der Waals surface area contributed by atoms with Crippen molar-refractivity contribution in [2.75, 3.05) is 32.7 Å². The van der Waals surface area contributed by atoms with Gasteiger partial charge in [-0.1, -0.05) is 6.42 Å². The molecule has 0 aromatic carbocycles. The highest BCUT2D eigenvalue weighted by atomic mass is 35.5. The van der Waals surface area contributed by atoms with E-state index < -0.39 is 0 Å². The predicted octanol–water partition coefficient (Wildman–Crippen LogP) is 1.89. The SMILES string of the molecule is COCC1CN(C(=O)CCCl)CC12CCC2. The van der Waals surface area contributed by atoms with Gasteiger partial charge >= 0.3 is 0 Å². The minimum atomic E-state index is 0.208. The Labute approximate surface area is 102 Å². The summed E-state index contributed by atoms with van der Waals surface area (Å²) in [6.07, 6.45) is 4.28. The largest absolute Gasteiger partial charge is 0.384 e. The summed E-state index contributed by atoms with van der Waals surface area (Å²) in [5.41, 5.74) is 0.373. The Bertz CT molecular complexity index is 266. The van der Waals surface area contributed by atoms with Gasteiger partial charge in [0, 0.05) is 38.4 Å². The Morgan fingerprint density at radius 3 is 2.81 bits per heavy atom. The molecule has 16 heavy (non-hydrogen) atoms. The number of rotatable bonds is 4. The van der Waals surface area contributed by atoms with Crippen LogP contribution in [-0.4, -0.2) is 43.5 Å². The number of halogens is 1. The van der Waals surface area contributed by atoms with Crippen molar-refractivity contribution in [2.24, 2.45) is 11.3 Å². The number of hydrogen-bond acceptors (Lipinski definition) is 2. The molecule has 1 atom stereocenters. The molecule has 1 saturated carbocycles. The first-order chi connectivity index (χ1) is 7.72. The fourth-order valence-corrected chi connectivity index (χ4v) is 3.25. The van der Waals surface area contributed by atoms with Crippen LogP contribution in [0.15, 0.2) is 0 Å². The van der Waals surface area contributed by atoms with Crippen LogP contribution >= 0.6 is 11.6 Å². The Morgan fingerprint density at radius 2 is 2.31 bits per heavy atom. The summed E-state index contributed by atoms with van der Waals surface area (Å²) in [7, 11) is 1.75. The summed E-state index contributed by atoms with van der Waals surface area (Å²) in [4.78, 5) is 13.8. The number of carbonyl (C=O) groups excluding carboxylic acids is 1. The molecule has 1 unspecified atom stereocenters. The van der Waals surface area contributed by atoms with Gasteiger partial charge in [-0.25, -0.2) is 0 Å². The molecule has 1 aliphatic carbocycles. The van der Waals surface area contributed by atoms with Crippen LogP contribution in [0.25, 0.3) is 0 Å². The fourth-order valence-electron chi connectivity index (χ4n) is 3.09. The van der Waals surface area contributed by atoms with Crippen molar-refractivity contribution in [3.63, 3.8) is 0 Å². The summed E-state index contributed by atoms with van der Waals surface area (Å²) in [5, 5.41) is 0. The molecule has 2 rings (SSSR count). The first kappa shape index (κ1) is 12.2. The van der Waals surface area contributed by atoms with Gasteiger partial charge in [0.25, 0.3) is 0 Å². The molecule has 0 aromatic rings. The number of nitrogens with zero attached hydrogens (tertiary/aromatic N) is 1. The summed E-state index contributed by atoms with van der Waals surface area (Å²) in [6, 6.07) is 0. The molecule has 0 N–H and O–H groups in total. The number of alkyl halides is 1. The van der Waals surface area contributed by atoms with E-state index in [2.05, 4.69) is 0 Å². The highest BCUT2D eigenvalue weighted by molar-refractivity contribution is 6.18. The topological polar surface area (TPSA) is 29.5 Å². The number of amides is 1. The summed E-state index contributed by atoms with van der Waals surface area (Å²) < 4.78 is 5.28. The summed E-state index contributed by atoms with van der Waals surface area (Å²) in [5.74, 6) is 1.17. The quantitative estimate of drug-likeness (QED) is 0.708. The van der Waals surface area contributed by atoms with Gasteiger partial charge in [-0.15, -0.1) is 11.6 Å². The smallest absolute Gasteiger partial charge is 0.223 e. The predicted molar refractivity (Wildman–Crippen MR) is 63.6 cm³/mol. The molecule has 2 fully saturated rings. The second kappa shape index (κ2) is 4.92. The fraction of sp³-hybridized carbons (Fsp3) is 0.917. The van der Waals surface area contributed by atoms with Crippen LogP contribution in [-0.2, 0) is 9.53 Å². The van der Waals surface area contributed by atoms with Gasteiger partial charge in [0.05, 0.1) is 6.61 Å². The molecular weight excluding hydrogens is 226 g/mol. The van der Waals surface area contributed by atoms with E-state index in [0.29, 0.717) is 23.6 Å². The van der Waals surface area contributed by atoms with Gasteiger partial charge in [-0.05, 0) is 18.3 Å². The highest BCUT2D eigenvalue weighted by Gasteiger charge is 2.50. The van der Waals surface area contributed by atoms with E-state index in [4.69, 9.17) is 16.3 Å². The van der Waals surface area contributed by atoms with Gasteiger partial charge in [0.2, 0.25) is 5.91 Å². The molecule has 3 nitrogen and oxygen atoms in total. The minimum Gasteiger partial charge on any atom is -0.384 e. The third kappa shape index (κ3) is 2.07. The lowest BCUT2D eigenvalue weighted by molar-refractivity contribution is -0.130. The Balaban J connectivity index is 1.98. The molecule has 92 valence electrons. The molecule has 0 radical (unpaired) electrons. The van der Waals surface area contributed by atoms with Gasteiger partial charge in [0.15, 0.2) is 0 Å². The standard InChI is InChI=1S/C12H20ClNO2/c1-16-8-10-7-14(11(15)3-6-13)9-12(10)4-2-5-12/h10H,2-9H2,1H3. The normalized spacial score (nSPS) is 27.1. The third-order valence-corrected chi connectivity index (χ3v) is 4.38. The van der Waals surface area contributed by atoms with Crippen LogP contribution in [0.5, 0.6) is 0 Å². The van der Waals surface area contributed by atoms with Crippen molar-refractivity contribution >= 4 is 17.5 Å². The van der Waals surface area contributed by atoms with Gasteiger partial charge in [-0.2, -0.15) is 0 Å². The van der Waals surface area contributed by atoms with Crippen molar-refractivity contribution in [1.82, 2.24) is 4.90 Å². The molecule has 4 heteroatoms. The zero-order chi connectivity index (χ0) is 11.6. The molecule has 0 bridgehead atoms. The number of likely N-dealkylation sites (tertiary alicyclic amines) is 1. The van der Waals surface area contributed by atoms with E-state index in [1.807, 2.05) is 4.90 Å². The van der Waals surface area contributed by atoms with Crippen molar-refractivity contribution in [2.45, 2.75) is 25.7 Å². The van der Waals surface area contributed by atoms with Gasteiger partial charge < -0.3 is 9.64 Å². The molecule has 0 aromatic heterocycles. The monoisotopic (exact) mass is 245 g/mol. The van der Waals surface area contributed by atoms with E-state index in [0.717, 1.165) is 19.7 Å². The lowest BCUT2D eigenvalue weighted by atomic mass is 9.63. The number of ether oxygens (including phenoxy) is 1. The van der Waals surface area contributed by atoms with E-state index in [1.165, 1.54) is 19.3 Å². The molecule has 1 heterocycles. The lowest BCUT2D eigenvalue weighted by Crippen LogP contribution is -2.39. The van der Waals surface area contributed by atoms with Crippen molar-refractivity contribution < 1.29 is 9.53 Å². The number of hydrogen-bond donors (Lipinski definition) is 0. The summed E-state index contributed by atoms with van der Waals surface area (Å²) >= 11 is 5.62. The second-order valence-corrected chi connectivity index (χ2v) is 5.46. The maximum Gasteiger partial charge on any atom is 0.223 e. The van der Waals surface area contributed by atoms with Crippen molar-refractivity contribution in [3.05, 3.63) is 0 Å². The van der Waals surface area contributed by atoms with Crippen molar-refractivity contribution in [3.8, 4) is 0 Å². The average Bonchev–Trinajstić information content (AvgIpc) is 2.58. The number of carbonyl (C=O) groups is 1. The molecule has 1 aliphatic heterocycles. The van der Waals surface area contributed by atoms with Crippen LogP contribution in [0, 0.1) is 11.3 Å². The maximum absolute atomic E-state index is 11.8. The zero-order valence-corrected chi connectivity index (χ0v) is 10.6. The first-order valence-electron chi connectivity index (χ1n) is 6.04.